The van der Waals surface area contributed by atoms with Crippen LogP contribution in [0.15, 0.2) is 0 Å². The van der Waals surface area contributed by atoms with E-state index in [-0.39, 0.29) is 5.91 Å². The molecule has 1 aliphatic rings. The zero-order valence-corrected chi connectivity index (χ0v) is 13.4. The second-order valence-electron chi connectivity index (χ2n) is 6.76. The van der Waals surface area contributed by atoms with Gasteiger partial charge in [-0.15, -0.1) is 0 Å². The van der Waals surface area contributed by atoms with Gasteiger partial charge in [0.1, 0.15) is 0 Å². The van der Waals surface area contributed by atoms with E-state index in [1.165, 1.54) is 6.42 Å². The Labute approximate surface area is 114 Å². The van der Waals surface area contributed by atoms with E-state index >= 15 is 0 Å². The zero-order chi connectivity index (χ0) is 13.3. The predicted octanol–water partition coefficient (Wildman–Crippen LogP) is 3.83. The summed E-state index contributed by atoms with van der Waals surface area (Å²) in [4.78, 5) is 14.2. The van der Waals surface area contributed by atoms with Gasteiger partial charge in [0.25, 0.3) is 0 Å². The number of likely N-dealkylation sites (tertiary alicyclic amines) is 1. The summed E-state index contributed by atoms with van der Waals surface area (Å²) < 4.78 is -0.422. The molecule has 0 N–H and O–H groups in total. The summed E-state index contributed by atoms with van der Waals surface area (Å²) >= 11 is 3.47. The van der Waals surface area contributed by atoms with Crippen molar-refractivity contribution in [3.05, 3.63) is 0 Å². The molecule has 0 saturated carbocycles. The van der Waals surface area contributed by atoms with Gasteiger partial charge in [-0.2, -0.15) is 0 Å². The summed E-state index contributed by atoms with van der Waals surface area (Å²) in [6, 6.07) is 0. The van der Waals surface area contributed by atoms with Gasteiger partial charge in [0.15, 0.2) is 0 Å². The predicted molar refractivity (Wildman–Crippen MR) is 76.4 cm³/mol. The van der Waals surface area contributed by atoms with E-state index in [0.717, 1.165) is 31.8 Å². The number of amides is 1. The molecular weight excluding hydrogens is 278 g/mol. The molecule has 1 saturated heterocycles. The van der Waals surface area contributed by atoms with Crippen molar-refractivity contribution in [3.8, 4) is 0 Å². The molecule has 1 rings (SSSR count). The van der Waals surface area contributed by atoms with Crippen LogP contribution in [0.1, 0.15) is 53.9 Å². The van der Waals surface area contributed by atoms with Crippen molar-refractivity contribution in [1.82, 2.24) is 4.90 Å². The summed E-state index contributed by atoms with van der Waals surface area (Å²) in [5.74, 6) is 0.964. The van der Waals surface area contributed by atoms with Gasteiger partial charge in [-0.1, -0.05) is 36.7 Å². The van der Waals surface area contributed by atoms with E-state index in [9.17, 15) is 4.79 Å². The fourth-order valence-electron chi connectivity index (χ4n) is 2.54. The highest BCUT2D eigenvalue weighted by Gasteiger charge is 2.33. The summed E-state index contributed by atoms with van der Waals surface area (Å²) in [6.45, 7) is 12.6. The molecule has 0 aromatic rings. The van der Waals surface area contributed by atoms with Crippen LogP contribution >= 0.6 is 15.9 Å². The molecule has 1 atom stereocenters. The number of hydrogen-bond acceptors (Lipinski definition) is 1. The van der Waals surface area contributed by atoms with Crippen molar-refractivity contribution in [3.63, 3.8) is 0 Å². The molecule has 1 fully saturated rings. The van der Waals surface area contributed by atoms with Crippen molar-refractivity contribution < 1.29 is 4.79 Å². The Hall–Kier alpha value is -0.0500. The van der Waals surface area contributed by atoms with Crippen LogP contribution in [-0.2, 0) is 4.79 Å². The Morgan fingerprint density at radius 2 is 1.71 bits per heavy atom. The Morgan fingerprint density at radius 3 is 2.18 bits per heavy atom. The first-order valence-corrected chi connectivity index (χ1v) is 7.40. The number of hydrogen-bond donors (Lipinski definition) is 0. The lowest BCUT2D eigenvalue weighted by Crippen LogP contribution is -2.42. The van der Waals surface area contributed by atoms with Gasteiger partial charge in [-0.05, 0) is 44.4 Å². The number of carbonyl (C=O) groups excluding carboxylic acids is 1. The van der Waals surface area contributed by atoms with Crippen LogP contribution in [0.25, 0.3) is 0 Å². The molecule has 17 heavy (non-hydrogen) atoms. The summed E-state index contributed by atoms with van der Waals surface area (Å²) in [5.41, 5.74) is 0.364. The fraction of sp³-hybridized carbons (Fsp3) is 0.929. The molecule has 1 heterocycles. The first kappa shape index (κ1) is 15.0. The van der Waals surface area contributed by atoms with E-state index < -0.39 is 4.32 Å². The lowest BCUT2D eigenvalue weighted by Gasteiger charge is -2.30. The minimum Gasteiger partial charge on any atom is -0.341 e. The van der Waals surface area contributed by atoms with E-state index in [1.807, 2.05) is 18.7 Å². The highest BCUT2D eigenvalue weighted by atomic mass is 79.9. The fourth-order valence-corrected chi connectivity index (χ4v) is 2.79. The second-order valence-corrected chi connectivity index (χ2v) is 8.74. The summed E-state index contributed by atoms with van der Waals surface area (Å²) in [6.07, 6.45) is 3.52. The Morgan fingerprint density at radius 1 is 1.12 bits per heavy atom. The lowest BCUT2D eigenvalue weighted by atomic mass is 9.77. The van der Waals surface area contributed by atoms with E-state index in [4.69, 9.17) is 0 Å². The van der Waals surface area contributed by atoms with Crippen LogP contribution in [0.3, 0.4) is 0 Å². The van der Waals surface area contributed by atoms with Crippen molar-refractivity contribution in [1.29, 1.82) is 0 Å². The van der Waals surface area contributed by atoms with Crippen LogP contribution in [0, 0.1) is 11.3 Å². The van der Waals surface area contributed by atoms with Crippen molar-refractivity contribution in [2.24, 2.45) is 11.3 Å². The lowest BCUT2D eigenvalue weighted by molar-refractivity contribution is -0.132. The van der Waals surface area contributed by atoms with Gasteiger partial charge < -0.3 is 4.90 Å². The summed E-state index contributed by atoms with van der Waals surface area (Å²) in [5, 5.41) is 0. The number of halogens is 1. The highest BCUT2D eigenvalue weighted by Crippen LogP contribution is 2.34. The van der Waals surface area contributed by atoms with Crippen molar-refractivity contribution in [2.75, 3.05) is 13.1 Å². The van der Waals surface area contributed by atoms with Gasteiger partial charge >= 0.3 is 0 Å². The SMILES string of the molecule is CC(C)(Br)C(=O)N1CCCC(C(C)(C)C)CC1. The molecule has 0 radical (unpaired) electrons. The third-order valence-electron chi connectivity index (χ3n) is 3.75. The maximum atomic E-state index is 12.2. The third-order valence-corrected chi connectivity index (χ3v) is 4.09. The minimum absolute atomic E-state index is 0.229. The molecular formula is C14H26BrNO. The largest absolute Gasteiger partial charge is 0.341 e. The smallest absolute Gasteiger partial charge is 0.238 e. The minimum atomic E-state index is -0.422. The molecule has 0 spiro atoms. The van der Waals surface area contributed by atoms with E-state index in [2.05, 4.69) is 36.7 Å². The topological polar surface area (TPSA) is 20.3 Å². The van der Waals surface area contributed by atoms with Crippen molar-refractivity contribution >= 4 is 21.8 Å². The van der Waals surface area contributed by atoms with Gasteiger partial charge in [0.2, 0.25) is 5.91 Å². The summed E-state index contributed by atoms with van der Waals surface area (Å²) in [7, 11) is 0. The van der Waals surface area contributed by atoms with E-state index in [0.29, 0.717) is 5.41 Å². The normalized spacial score (nSPS) is 23.4. The molecule has 100 valence electrons. The van der Waals surface area contributed by atoms with Gasteiger partial charge in [-0.3, -0.25) is 4.79 Å². The number of rotatable bonds is 1. The van der Waals surface area contributed by atoms with Crippen LogP contribution in [-0.4, -0.2) is 28.2 Å². The van der Waals surface area contributed by atoms with Crippen LogP contribution in [0.4, 0.5) is 0 Å². The quantitative estimate of drug-likeness (QED) is 0.674. The van der Waals surface area contributed by atoms with Gasteiger partial charge in [-0.25, -0.2) is 0 Å². The van der Waals surface area contributed by atoms with Gasteiger partial charge in [0.05, 0.1) is 4.32 Å². The molecule has 0 aromatic heterocycles. The Bertz CT molecular complexity index is 275. The standard InChI is InChI=1S/C14H26BrNO/c1-13(2,3)11-7-6-9-16(10-8-11)12(17)14(4,5)15/h11H,6-10H2,1-5H3. The number of alkyl halides is 1. The average molecular weight is 304 g/mol. The van der Waals surface area contributed by atoms with E-state index in [1.54, 1.807) is 0 Å². The van der Waals surface area contributed by atoms with Crippen LogP contribution in [0.2, 0.25) is 0 Å². The average Bonchev–Trinajstić information content (AvgIpc) is 2.38. The van der Waals surface area contributed by atoms with Crippen LogP contribution < -0.4 is 0 Å². The molecule has 1 amide bonds. The second kappa shape index (κ2) is 5.29. The van der Waals surface area contributed by atoms with Gasteiger partial charge in [0, 0.05) is 13.1 Å². The molecule has 0 aliphatic carbocycles. The Kier molecular flexibility index (Phi) is 4.67. The molecule has 3 heteroatoms. The van der Waals surface area contributed by atoms with Crippen LogP contribution in [0.5, 0.6) is 0 Å². The zero-order valence-electron chi connectivity index (χ0n) is 11.8. The number of carbonyl (C=O) groups is 1. The maximum Gasteiger partial charge on any atom is 0.238 e. The molecule has 2 nitrogen and oxygen atoms in total. The molecule has 1 aliphatic heterocycles. The van der Waals surface area contributed by atoms with Crippen molar-refractivity contribution in [2.45, 2.75) is 58.2 Å². The number of nitrogens with zero attached hydrogens (tertiary/aromatic N) is 1. The molecule has 0 aromatic carbocycles. The Balaban J connectivity index is 2.63. The third kappa shape index (κ3) is 4.27. The monoisotopic (exact) mass is 303 g/mol. The maximum absolute atomic E-state index is 12.2. The first-order valence-electron chi connectivity index (χ1n) is 6.60. The molecule has 1 unspecified atom stereocenters. The highest BCUT2D eigenvalue weighted by molar-refractivity contribution is 9.10. The first-order chi connectivity index (χ1) is 7.62. The molecule has 0 bridgehead atoms.